The number of carbonyl (C=O) groups excluding carboxylic acids is 2. The predicted molar refractivity (Wildman–Crippen MR) is 143 cm³/mol. The number of hydrogen-bond donors (Lipinski definition) is 1. The molecule has 0 unspecified atom stereocenters. The quantitative estimate of drug-likeness (QED) is 0.422. The molecule has 3 aromatic carbocycles. The summed E-state index contributed by atoms with van der Waals surface area (Å²) >= 11 is 12.0. The summed E-state index contributed by atoms with van der Waals surface area (Å²) < 4.78 is 28.4. The highest BCUT2D eigenvalue weighted by Crippen LogP contribution is 2.26. The van der Waals surface area contributed by atoms with Crippen molar-refractivity contribution >= 4 is 50.7 Å². The van der Waals surface area contributed by atoms with E-state index in [1.165, 1.54) is 36.2 Å². The maximum absolute atomic E-state index is 13.7. The molecule has 0 saturated carbocycles. The largest absolute Gasteiger partial charge is 0.357 e. The number of rotatable bonds is 9. The second-order valence-electron chi connectivity index (χ2n) is 8.24. The first-order valence-corrected chi connectivity index (χ1v) is 13.3. The molecule has 0 bridgehead atoms. The number of sulfonamides is 1. The van der Waals surface area contributed by atoms with Gasteiger partial charge in [-0.1, -0.05) is 53.0 Å². The summed E-state index contributed by atoms with van der Waals surface area (Å²) in [6.07, 6.45) is 0. The third kappa shape index (κ3) is 6.57. The van der Waals surface area contributed by atoms with Crippen LogP contribution in [-0.2, 0) is 26.2 Å². The third-order valence-corrected chi connectivity index (χ3v) is 7.97. The molecule has 7 nitrogen and oxygen atoms in total. The summed E-state index contributed by atoms with van der Waals surface area (Å²) in [6, 6.07) is 18.6. The average Bonchev–Trinajstić information content (AvgIpc) is 2.86. The van der Waals surface area contributed by atoms with Crippen molar-refractivity contribution in [1.82, 2.24) is 10.2 Å². The summed E-state index contributed by atoms with van der Waals surface area (Å²) in [5, 5.41) is 3.51. The zero-order valence-electron chi connectivity index (χ0n) is 20.1. The molecule has 3 aromatic rings. The molecular weight excluding hydrogens is 521 g/mol. The van der Waals surface area contributed by atoms with E-state index in [1.807, 2.05) is 6.92 Å². The molecule has 1 atom stereocenters. The molecule has 190 valence electrons. The van der Waals surface area contributed by atoms with Crippen LogP contribution in [-0.4, -0.2) is 44.8 Å². The fraction of sp³-hybridized carbons (Fsp3) is 0.231. The van der Waals surface area contributed by atoms with Crippen LogP contribution < -0.4 is 9.62 Å². The molecule has 10 heteroatoms. The minimum Gasteiger partial charge on any atom is -0.357 e. The number of aryl methyl sites for hydroxylation is 1. The highest BCUT2D eigenvalue weighted by Gasteiger charge is 2.32. The van der Waals surface area contributed by atoms with Gasteiger partial charge >= 0.3 is 0 Å². The third-order valence-electron chi connectivity index (χ3n) is 5.68. The van der Waals surface area contributed by atoms with Gasteiger partial charge in [0, 0.05) is 23.6 Å². The number of amides is 2. The maximum Gasteiger partial charge on any atom is 0.264 e. The van der Waals surface area contributed by atoms with E-state index in [9.17, 15) is 18.0 Å². The SMILES string of the molecule is CNC(=O)[C@@H](C)N(Cc1ccc(Cl)cc1)C(=O)CN(c1ccc(Cl)cc1)S(=O)(=O)c1ccc(C)cc1. The van der Waals surface area contributed by atoms with Crippen LogP contribution in [0.15, 0.2) is 77.7 Å². The molecule has 0 fully saturated rings. The zero-order valence-corrected chi connectivity index (χ0v) is 22.4. The van der Waals surface area contributed by atoms with Gasteiger partial charge in [0.15, 0.2) is 0 Å². The van der Waals surface area contributed by atoms with Crippen LogP contribution in [0.2, 0.25) is 10.0 Å². The van der Waals surface area contributed by atoms with E-state index < -0.39 is 28.5 Å². The first-order chi connectivity index (χ1) is 17.0. The Morgan fingerprint density at radius 1 is 0.889 bits per heavy atom. The number of hydrogen-bond acceptors (Lipinski definition) is 4. The van der Waals surface area contributed by atoms with Gasteiger partial charge in [0.2, 0.25) is 11.8 Å². The van der Waals surface area contributed by atoms with E-state index in [4.69, 9.17) is 23.2 Å². The Morgan fingerprint density at radius 2 is 1.42 bits per heavy atom. The Morgan fingerprint density at radius 3 is 1.94 bits per heavy atom. The van der Waals surface area contributed by atoms with Crippen LogP contribution in [0.1, 0.15) is 18.1 Å². The van der Waals surface area contributed by atoms with E-state index in [-0.39, 0.29) is 23.0 Å². The number of benzene rings is 3. The lowest BCUT2D eigenvalue weighted by atomic mass is 10.1. The highest BCUT2D eigenvalue weighted by atomic mass is 35.5. The van der Waals surface area contributed by atoms with Crippen molar-refractivity contribution in [2.45, 2.75) is 31.3 Å². The zero-order chi connectivity index (χ0) is 26.5. The van der Waals surface area contributed by atoms with Crippen molar-refractivity contribution in [3.8, 4) is 0 Å². The second-order valence-corrected chi connectivity index (χ2v) is 11.0. The van der Waals surface area contributed by atoms with Gasteiger partial charge in [0.05, 0.1) is 10.6 Å². The molecule has 0 aromatic heterocycles. The second kappa shape index (κ2) is 11.8. The number of nitrogens with zero attached hydrogens (tertiary/aromatic N) is 2. The van der Waals surface area contributed by atoms with Crippen molar-refractivity contribution in [2.75, 3.05) is 17.9 Å². The fourth-order valence-corrected chi connectivity index (χ4v) is 5.22. The van der Waals surface area contributed by atoms with Crippen LogP contribution in [0.4, 0.5) is 5.69 Å². The van der Waals surface area contributed by atoms with Crippen molar-refractivity contribution in [3.05, 3.63) is 94.0 Å². The molecule has 36 heavy (non-hydrogen) atoms. The minimum absolute atomic E-state index is 0.0412. The number of anilines is 1. The lowest BCUT2D eigenvalue weighted by Crippen LogP contribution is -2.50. The summed E-state index contributed by atoms with van der Waals surface area (Å²) in [4.78, 5) is 27.5. The van der Waals surface area contributed by atoms with E-state index in [0.717, 1.165) is 15.4 Å². The monoisotopic (exact) mass is 547 g/mol. The van der Waals surface area contributed by atoms with Gasteiger partial charge in [-0.15, -0.1) is 0 Å². The summed E-state index contributed by atoms with van der Waals surface area (Å²) in [5.41, 5.74) is 1.91. The molecule has 0 saturated heterocycles. The molecule has 0 radical (unpaired) electrons. The van der Waals surface area contributed by atoms with Crippen LogP contribution in [0.5, 0.6) is 0 Å². The van der Waals surface area contributed by atoms with Crippen molar-refractivity contribution in [1.29, 1.82) is 0 Å². The van der Waals surface area contributed by atoms with Crippen molar-refractivity contribution in [2.24, 2.45) is 0 Å². The minimum atomic E-state index is -4.12. The van der Waals surface area contributed by atoms with Gasteiger partial charge in [0.1, 0.15) is 12.6 Å². The maximum atomic E-state index is 13.7. The Balaban J connectivity index is 2.01. The van der Waals surface area contributed by atoms with Gasteiger partial charge in [-0.2, -0.15) is 0 Å². The Bertz CT molecular complexity index is 1310. The number of likely N-dealkylation sites (N-methyl/N-ethyl adjacent to an activating group) is 1. The predicted octanol–water partition coefficient (Wildman–Crippen LogP) is 4.66. The number of nitrogens with one attached hydrogen (secondary N) is 1. The molecule has 0 aliphatic rings. The highest BCUT2D eigenvalue weighted by molar-refractivity contribution is 7.92. The van der Waals surface area contributed by atoms with Gasteiger partial charge in [-0.05, 0) is 67.9 Å². The van der Waals surface area contributed by atoms with Crippen LogP contribution >= 0.6 is 23.2 Å². The average molecular weight is 548 g/mol. The summed E-state index contributed by atoms with van der Waals surface area (Å²) in [7, 11) is -2.64. The van der Waals surface area contributed by atoms with Crippen molar-refractivity contribution in [3.63, 3.8) is 0 Å². The fourth-order valence-electron chi connectivity index (χ4n) is 3.55. The van der Waals surface area contributed by atoms with Gasteiger partial charge in [0.25, 0.3) is 10.0 Å². The van der Waals surface area contributed by atoms with Crippen molar-refractivity contribution < 1.29 is 18.0 Å². The lowest BCUT2D eigenvalue weighted by molar-refractivity contribution is -0.139. The summed E-state index contributed by atoms with van der Waals surface area (Å²) in [6.45, 7) is 3.01. The molecule has 0 spiro atoms. The Kier molecular flexibility index (Phi) is 9.00. The van der Waals surface area contributed by atoms with E-state index in [2.05, 4.69) is 5.32 Å². The Labute approximate surface area is 221 Å². The first-order valence-electron chi connectivity index (χ1n) is 11.1. The normalized spacial score (nSPS) is 12.0. The summed E-state index contributed by atoms with van der Waals surface area (Å²) in [5.74, 6) is -0.927. The molecule has 0 heterocycles. The Hall–Kier alpha value is -3.07. The molecule has 3 rings (SSSR count). The van der Waals surface area contributed by atoms with Gasteiger partial charge < -0.3 is 10.2 Å². The topological polar surface area (TPSA) is 86.8 Å². The number of carbonyl (C=O) groups is 2. The number of halogens is 2. The molecule has 2 amide bonds. The molecule has 0 aliphatic carbocycles. The van der Waals surface area contributed by atoms with Crippen LogP contribution in [0, 0.1) is 6.92 Å². The molecule has 0 aliphatic heterocycles. The molecule has 1 N–H and O–H groups in total. The molecular formula is C26H27Cl2N3O4S. The van der Waals surface area contributed by atoms with Gasteiger partial charge in [-0.3, -0.25) is 13.9 Å². The van der Waals surface area contributed by atoms with Gasteiger partial charge in [-0.25, -0.2) is 8.42 Å². The van der Waals surface area contributed by atoms with Crippen LogP contribution in [0.3, 0.4) is 0 Å². The smallest absolute Gasteiger partial charge is 0.264 e. The van der Waals surface area contributed by atoms with Crippen LogP contribution in [0.25, 0.3) is 0 Å². The first kappa shape index (κ1) is 27.5. The lowest BCUT2D eigenvalue weighted by Gasteiger charge is -2.31. The van der Waals surface area contributed by atoms with E-state index in [1.54, 1.807) is 55.5 Å². The van der Waals surface area contributed by atoms with E-state index in [0.29, 0.717) is 10.0 Å². The standard InChI is InChI=1S/C26H27Cl2N3O4S/c1-18-4-14-24(15-5-18)36(34,35)31(23-12-10-22(28)11-13-23)17-25(32)30(19(2)26(33)29-3)16-20-6-8-21(27)9-7-20/h4-15,19H,16-17H2,1-3H3,(H,29,33)/t19-/m1/s1. The van der Waals surface area contributed by atoms with E-state index >= 15 is 0 Å².